The van der Waals surface area contributed by atoms with E-state index in [0.717, 1.165) is 16.7 Å². The zero-order valence-electron chi connectivity index (χ0n) is 15.1. The molecule has 1 unspecified atom stereocenters. The Balaban J connectivity index is 2.19. The van der Waals surface area contributed by atoms with Gasteiger partial charge in [-0.1, -0.05) is 96.1 Å². The van der Waals surface area contributed by atoms with E-state index in [-0.39, 0.29) is 5.75 Å². The third-order valence-corrected chi connectivity index (χ3v) is 6.10. The van der Waals surface area contributed by atoms with Crippen molar-refractivity contribution in [3.8, 4) is 0 Å². The van der Waals surface area contributed by atoms with Crippen molar-refractivity contribution in [3.05, 3.63) is 118 Å². The van der Waals surface area contributed by atoms with Crippen molar-refractivity contribution < 1.29 is 9.90 Å². The van der Waals surface area contributed by atoms with Crippen molar-refractivity contribution in [2.24, 2.45) is 5.11 Å². The van der Waals surface area contributed by atoms with Gasteiger partial charge in [0.1, 0.15) is 6.04 Å². The molecule has 0 amide bonds. The Morgan fingerprint density at radius 2 is 1.29 bits per heavy atom. The number of nitrogens with zero attached hydrogens (tertiary/aromatic N) is 3. The summed E-state index contributed by atoms with van der Waals surface area (Å²) < 4.78 is -0.636. The predicted molar refractivity (Wildman–Crippen MR) is 112 cm³/mol. The second kappa shape index (κ2) is 9.13. The van der Waals surface area contributed by atoms with Gasteiger partial charge in [-0.25, -0.2) is 0 Å². The molecule has 5 nitrogen and oxygen atoms in total. The first-order valence-electron chi connectivity index (χ1n) is 8.76. The lowest BCUT2D eigenvalue weighted by atomic mass is 9.84. The van der Waals surface area contributed by atoms with Crippen LogP contribution < -0.4 is 0 Å². The standard InChI is InChI=1S/C22H19N3O2S/c23-25-24-20(21(26)27)16-28-22(17-10-4-1-5-11-17,18-12-6-2-7-13-18)19-14-8-3-9-15-19/h1-15,20H,16H2,(H,26,27). The van der Waals surface area contributed by atoms with Crippen molar-refractivity contribution in [1.29, 1.82) is 0 Å². The molecule has 0 bridgehead atoms. The summed E-state index contributed by atoms with van der Waals surface area (Å²) in [7, 11) is 0. The number of rotatable bonds is 8. The predicted octanol–water partition coefficient (Wildman–Crippen LogP) is 5.48. The monoisotopic (exact) mass is 389 g/mol. The lowest BCUT2D eigenvalue weighted by molar-refractivity contribution is -0.137. The average Bonchev–Trinajstić information content (AvgIpc) is 2.75. The fraction of sp³-hybridized carbons (Fsp3) is 0.136. The Hall–Kier alpha value is -3.21. The van der Waals surface area contributed by atoms with E-state index < -0.39 is 16.8 Å². The smallest absolute Gasteiger partial charge is 0.313 e. The normalized spacial score (nSPS) is 12.0. The molecule has 3 aromatic rings. The van der Waals surface area contributed by atoms with E-state index in [9.17, 15) is 9.90 Å². The van der Waals surface area contributed by atoms with Gasteiger partial charge in [-0.05, 0) is 22.2 Å². The molecule has 0 aliphatic rings. The van der Waals surface area contributed by atoms with Gasteiger partial charge in [0.15, 0.2) is 0 Å². The average molecular weight is 389 g/mol. The SMILES string of the molecule is [N-]=[N+]=NC(CSC(c1ccccc1)(c1ccccc1)c1ccccc1)C(=O)O. The number of hydrogen-bond donors (Lipinski definition) is 1. The summed E-state index contributed by atoms with van der Waals surface area (Å²) in [5.41, 5.74) is 11.8. The number of carboxylic acids is 1. The third-order valence-electron chi connectivity index (χ3n) is 4.47. The van der Waals surface area contributed by atoms with Gasteiger partial charge in [0.25, 0.3) is 0 Å². The number of carboxylic acid groups (broad SMARTS) is 1. The molecule has 0 spiro atoms. The molecule has 0 heterocycles. The highest BCUT2D eigenvalue weighted by Gasteiger charge is 2.38. The number of aliphatic carboxylic acids is 1. The van der Waals surface area contributed by atoms with Crippen LogP contribution in [-0.4, -0.2) is 22.9 Å². The van der Waals surface area contributed by atoms with Crippen LogP contribution in [0.25, 0.3) is 10.4 Å². The minimum atomic E-state index is -1.15. The third kappa shape index (κ3) is 4.03. The maximum absolute atomic E-state index is 11.5. The molecule has 0 aromatic heterocycles. The lowest BCUT2D eigenvalue weighted by Gasteiger charge is -2.36. The van der Waals surface area contributed by atoms with E-state index in [1.807, 2.05) is 91.0 Å². The molecule has 0 radical (unpaired) electrons. The van der Waals surface area contributed by atoms with Crippen molar-refractivity contribution in [1.82, 2.24) is 0 Å². The Kier molecular flexibility index (Phi) is 6.37. The molecule has 3 rings (SSSR count). The number of hydrogen-bond acceptors (Lipinski definition) is 3. The molecule has 0 saturated carbocycles. The minimum Gasteiger partial charge on any atom is -0.481 e. The number of thioether (sulfide) groups is 1. The largest absolute Gasteiger partial charge is 0.481 e. The van der Waals surface area contributed by atoms with E-state index >= 15 is 0 Å². The second-order valence-electron chi connectivity index (χ2n) is 6.15. The molecule has 28 heavy (non-hydrogen) atoms. The van der Waals surface area contributed by atoms with Crippen LogP contribution in [0.15, 0.2) is 96.1 Å². The zero-order chi connectivity index (χ0) is 19.8. The van der Waals surface area contributed by atoms with E-state index in [1.54, 1.807) is 0 Å². The van der Waals surface area contributed by atoms with Crippen LogP contribution in [0.5, 0.6) is 0 Å². The van der Waals surface area contributed by atoms with E-state index in [0.29, 0.717) is 0 Å². The van der Waals surface area contributed by atoms with Crippen LogP contribution in [0.4, 0.5) is 0 Å². The van der Waals surface area contributed by atoms with Gasteiger partial charge in [-0.15, -0.1) is 11.8 Å². The topological polar surface area (TPSA) is 86.1 Å². The van der Waals surface area contributed by atoms with Gasteiger partial charge >= 0.3 is 5.97 Å². The fourth-order valence-corrected chi connectivity index (χ4v) is 4.71. The number of azide groups is 1. The molecule has 3 aromatic carbocycles. The van der Waals surface area contributed by atoms with Crippen LogP contribution >= 0.6 is 11.8 Å². The molecule has 6 heteroatoms. The summed E-state index contributed by atoms with van der Waals surface area (Å²) in [5.74, 6) is -0.994. The van der Waals surface area contributed by atoms with E-state index in [2.05, 4.69) is 10.0 Å². The van der Waals surface area contributed by atoms with Crippen molar-refractivity contribution in [2.75, 3.05) is 5.75 Å². The van der Waals surface area contributed by atoms with E-state index in [1.165, 1.54) is 11.8 Å². The molecule has 0 fully saturated rings. The van der Waals surface area contributed by atoms with Crippen molar-refractivity contribution in [3.63, 3.8) is 0 Å². The zero-order valence-corrected chi connectivity index (χ0v) is 15.9. The summed E-state index contributed by atoms with van der Waals surface area (Å²) in [6.07, 6.45) is 0. The van der Waals surface area contributed by atoms with E-state index in [4.69, 9.17) is 5.53 Å². The first-order valence-corrected chi connectivity index (χ1v) is 9.74. The lowest BCUT2D eigenvalue weighted by Crippen LogP contribution is -2.29. The number of benzene rings is 3. The Morgan fingerprint density at radius 3 is 1.61 bits per heavy atom. The summed E-state index contributed by atoms with van der Waals surface area (Å²) in [5, 5.41) is 12.9. The van der Waals surface area contributed by atoms with Gasteiger partial charge < -0.3 is 5.11 Å². The van der Waals surface area contributed by atoms with Crippen LogP contribution in [0.1, 0.15) is 16.7 Å². The quantitative estimate of drug-likeness (QED) is 0.240. The maximum Gasteiger partial charge on any atom is 0.313 e. The number of carbonyl (C=O) groups is 1. The highest BCUT2D eigenvalue weighted by molar-refractivity contribution is 8.00. The van der Waals surface area contributed by atoms with Gasteiger partial charge in [-0.3, -0.25) is 4.79 Å². The first-order chi connectivity index (χ1) is 13.7. The van der Waals surface area contributed by atoms with Gasteiger partial charge in [0, 0.05) is 10.7 Å². The molecular weight excluding hydrogens is 370 g/mol. The molecule has 1 N–H and O–H groups in total. The first kappa shape index (κ1) is 19.5. The summed E-state index contributed by atoms with van der Waals surface area (Å²) in [4.78, 5) is 14.2. The van der Waals surface area contributed by atoms with Crippen LogP contribution in [0, 0.1) is 0 Å². The van der Waals surface area contributed by atoms with Gasteiger partial charge in [-0.2, -0.15) is 0 Å². The fourth-order valence-electron chi connectivity index (χ4n) is 3.19. The molecular formula is C22H19N3O2S. The van der Waals surface area contributed by atoms with Crippen LogP contribution in [0.3, 0.4) is 0 Å². The molecule has 0 aliphatic heterocycles. The van der Waals surface area contributed by atoms with Gasteiger partial charge in [0.05, 0.1) is 4.75 Å². The summed E-state index contributed by atoms with van der Waals surface area (Å²) in [6, 6.07) is 28.8. The molecule has 1 atom stereocenters. The van der Waals surface area contributed by atoms with Crippen LogP contribution in [0.2, 0.25) is 0 Å². The Bertz CT molecular complexity index is 860. The maximum atomic E-state index is 11.5. The van der Waals surface area contributed by atoms with Crippen LogP contribution in [-0.2, 0) is 9.54 Å². The Labute approximate surface area is 167 Å². The molecule has 140 valence electrons. The highest BCUT2D eigenvalue weighted by atomic mass is 32.2. The minimum absolute atomic E-state index is 0.137. The molecule has 0 aliphatic carbocycles. The Morgan fingerprint density at radius 1 is 0.893 bits per heavy atom. The van der Waals surface area contributed by atoms with Crippen molar-refractivity contribution >= 4 is 17.7 Å². The van der Waals surface area contributed by atoms with Gasteiger partial charge in [0.2, 0.25) is 0 Å². The second-order valence-corrected chi connectivity index (χ2v) is 7.38. The highest BCUT2D eigenvalue weighted by Crippen LogP contribution is 2.48. The molecule has 0 saturated heterocycles. The summed E-state index contributed by atoms with van der Waals surface area (Å²) in [6.45, 7) is 0. The summed E-state index contributed by atoms with van der Waals surface area (Å²) >= 11 is 1.46. The van der Waals surface area contributed by atoms with Crippen molar-refractivity contribution in [2.45, 2.75) is 10.8 Å².